The monoisotopic (exact) mass is 514 g/mol. The Kier molecular flexibility index (Phi) is 9.34. The largest absolute Gasteiger partial charge is 0.495 e. The topological polar surface area (TPSA) is 62.9 Å². The minimum atomic E-state index is 0. The van der Waals surface area contributed by atoms with Gasteiger partial charge in [0, 0.05) is 18.1 Å². The minimum absolute atomic E-state index is 0. The third-order valence-electron chi connectivity index (χ3n) is 4.95. The predicted molar refractivity (Wildman–Crippen MR) is 128 cm³/mol. The van der Waals surface area contributed by atoms with Gasteiger partial charge in [0.15, 0.2) is 5.96 Å². The first-order valence-electron chi connectivity index (χ1n) is 9.31. The molecule has 3 N–H and O–H groups in total. The summed E-state index contributed by atoms with van der Waals surface area (Å²) in [5.74, 6) is 1.74. The Balaban J connectivity index is 0.00000280. The van der Waals surface area contributed by atoms with Crippen LogP contribution in [-0.4, -0.2) is 37.6 Å². The highest BCUT2D eigenvalue weighted by Gasteiger charge is 2.19. The summed E-state index contributed by atoms with van der Waals surface area (Å²) in [6, 6.07) is 15.7. The van der Waals surface area contributed by atoms with Crippen LogP contribution in [0.5, 0.6) is 5.75 Å². The van der Waals surface area contributed by atoms with Crippen LogP contribution in [0, 0.1) is 5.92 Å². The van der Waals surface area contributed by atoms with E-state index in [-0.39, 0.29) is 24.0 Å². The smallest absolute Gasteiger partial charge is 0.193 e. The summed E-state index contributed by atoms with van der Waals surface area (Å²) in [6.45, 7) is 3.78. The zero-order valence-corrected chi connectivity index (χ0v) is 19.2. The molecule has 0 atom stereocenters. The first kappa shape index (κ1) is 22.8. The Morgan fingerprint density at radius 2 is 1.86 bits per heavy atom. The molecule has 152 valence electrons. The molecule has 0 aromatic heterocycles. The second kappa shape index (κ2) is 11.5. The van der Waals surface area contributed by atoms with Gasteiger partial charge in [-0.1, -0.05) is 41.9 Å². The van der Waals surface area contributed by atoms with Crippen LogP contribution in [0.1, 0.15) is 18.4 Å². The van der Waals surface area contributed by atoms with E-state index in [1.165, 1.54) is 5.56 Å². The van der Waals surface area contributed by atoms with Crippen molar-refractivity contribution in [1.29, 1.82) is 0 Å². The summed E-state index contributed by atoms with van der Waals surface area (Å²) >= 11 is 6.27. The van der Waals surface area contributed by atoms with E-state index in [0.29, 0.717) is 11.9 Å². The number of rotatable bonds is 6. The van der Waals surface area contributed by atoms with E-state index >= 15 is 0 Å². The highest BCUT2D eigenvalue weighted by atomic mass is 127. The molecule has 1 aliphatic rings. The van der Waals surface area contributed by atoms with Gasteiger partial charge in [0.2, 0.25) is 0 Å². The van der Waals surface area contributed by atoms with Crippen LogP contribution in [0.3, 0.4) is 0 Å². The van der Waals surface area contributed by atoms with E-state index in [0.717, 1.165) is 55.5 Å². The number of anilines is 1. The summed E-state index contributed by atoms with van der Waals surface area (Å²) in [5, 5.41) is 3.97. The van der Waals surface area contributed by atoms with Gasteiger partial charge in [-0.05, 0) is 55.6 Å². The van der Waals surface area contributed by atoms with E-state index in [1.807, 2.05) is 42.5 Å². The van der Waals surface area contributed by atoms with Gasteiger partial charge in [-0.3, -0.25) is 9.89 Å². The fourth-order valence-corrected chi connectivity index (χ4v) is 3.54. The van der Waals surface area contributed by atoms with Gasteiger partial charge in [-0.15, -0.1) is 24.0 Å². The summed E-state index contributed by atoms with van der Waals surface area (Å²) < 4.78 is 5.32. The molecule has 1 saturated heterocycles. The van der Waals surface area contributed by atoms with E-state index in [1.54, 1.807) is 7.11 Å². The van der Waals surface area contributed by atoms with Crippen LogP contribution in [0.25, 0.3) is 0 Å². The second-order valence-corrected chi connectivity index (χ2v) is 7.27. The van der Waals surface area contributed by atoms with Crippen molar-refractivity contribution >= 4 is 47.2 Å². The molecule has 0 spiro atoms. The molecule has 0 saturated carbocycles. The fraction of sp³-hybridized carbons (Fsp3) is 0.381. The number of hydrogen-bond donors (Lipinski definition) is 2. The van der Waals surface area contributed by atoms with Crippen LogP contribution in [0.4, 0.5) is 5.69 Å². The number of methoxy groups -OCH3 is 1. The highest BCUT2D eigenvalue weighted by molar-refractivity contribution is 14.0. The number of halogens is 2. The number of benzene rings is 2. The zero-order chi connectivity index (χ0) is 19.1. The van der Waals surface area contributed by atoms with Crippen molar-refractivity contribution in [2.75, 3.05) is 32.1 Å². The number of nitrogens with zero attached hydrogens (tertiary/aromatic N) is 2. The zero-order valence-electron chi connectivity index (χ0n) is 16.1. The van der Waals surface area contributed by atoms with Crippen molar-refractivity contribution in [1.82, 2.24) is 4.90 Å². The number of guanidine groups is 1. The van der Waals surface area contributed by atoms with Crippen LogP contribution in [0.15, 0.2) is 53.5 Å². The molecule has 3 rings (SSSR count). The molecular weight excluding hydrogens is 487 g/mol. The Labute approximate surface area is 189 Å². The van der Waals surface area contributed by atoms with Crippen molar-refractivity contribution in [3.8, 4) is 5.75 Å². The molecule has 1 heterocycles. The minimum Gasteiger partial charge on any atom is -0.495 e. The second-order valence-electron chi connectivity index (χ2n) is 6.86. The average molecular weight is 515 g/mol. The number of piperidine rings is 1. The van der Waals surface area contributed by atoms with Gasteiger partial charge in [0.1, 0.15) is 5.75 Å². The molecule has 0 unspecified atom stereocenters. The number of aliphatic imine (C=N–C) groups is 1. The molecule has 0 bridgehead atoms. The molecule has 28 heavy (non-hydrogen) atoms. The van der Waals surface area contributed by atoms with E-state index in [9.17, 15) is 0 Å². The molecule has 5 nitrogen and oxygen atoms in total. The molecule has 7 heteroatoms. The number of ether oxygens (including phenoxy) is 1. The molecule has 1 aliphatic heterocycles. The summed E-state index contributed by atoms with van der Waals surface area (Å²) in [6.07, 6.45) is 2.24. The fourth-order valence-electron chi connectivity index (χ4n) is 3.35. The van der Waals surface area contributed by atoms with E-state index in [4.69, 9.17) is 22.1 Å². The number of nitrogens with two attached hydrogens (primary N) is 1. The molecule has 1 fully saturated rings. The van der Waals surface area contributed by atoms with Crippen molar-refractivity contribution in [2.45, 2.75) is 19.4 Å². The quantitative estimate of drug-likeness (QED) is 0.336. The summed E-state index contributed by atoms with van der Waals surface area (Å²) in [4.78, 5) is 6.99. The van der Waals surface area contributed by atoms with Gasteiger partial charge in [0.05, 0.1) is 12.8 Å². The maximum Gasteiger partial charge on any atom is 0.193 e. The Morgan fingerprint density at radius 3 is 2.57 bits per heavy atom. The van der Waals surface area contributed by atoms with Gasteiger partial charge in [-0.2, -0.15) is 0 Å². The van der Waals surface area contributed by atoms with Crippen molar-refractivity contribution in [3.63, 3.8) is 0 Å². The van der Waals surface area contributed by atoms with Crippen molar-refractivity contribution in [3.05, 3.63) is 59.1 Å². The molecule has 0 radical (unpaired) electrons. The lowest BCUT2D eigenvalue weighted by molar-refractivity contribution is 0.180. The molecule has 0 amide bonds. The molecule has 2 aromatic rings. The maximum absolute atomic E-state index is 6.27. The number of hydrogen-bond acceptors (Lipinski definition) is 3. The molecule has 2 aromatic carbocycles. The standard InChI is InChI=1S/C21H27ClN4O.HI/c1-27-20-9-5-4-8-19(20)25-21(23)24-14-16-10-12-26(13-11-16)15-17-6-2-3-7-18(17)22;/h2-9,16H,10-15H2,1H3,(H3,23,24,25);1H. The van der Waals surface area contributed by atoms with Gasteiger partial charge < -0.3 is 15.8 Å². The number of para-hydroxylation sites is 2. The van der Waals surface area contributed by atoms with Gasteiger partial charge >= 0.3 is 0 Å². The predicted octanol–water partition coefficient (Wildman–Crippen LogP) is 4.61. The van der Waals surface area contributed by atoms with E-state index < -0.39 is 0 Å². The molecule has 0 aliphatic carbocycles. The molecular formula is C21H28ClIN4O. The Hall–Kier alpha value is -1.51. The lowest BCUT2D eigenvalue weighted by atomic mass is 9.96. The first-order chi connectivity index (χ1) is 13.2. The lowest BCUT2D eigenvalue weighted by Gasteiger charge is -2.31. The van der Waals surface area contributed by atoms with Crippen LogP contribution < -0.4 is 15.8 Å². The van der Waals surface area contributed by atoms with E-state index in [2.05, 4.69) is 21.3 Å². The summed E-state index contributed by atoms with van der Waals surface area (Å²) in [7, 11) is 1.64. The summed E-state index contributed by atoms with van der Waals surface area (Å²) in [5.41, 5.74) is 8.08. The Bertz CT molecular complexity index is 779. The van der Waals surface area contributed by atoms with Gasteiger partial charge in [0.25, 0.3) is 0 Å². The third kappa shape index (κ3) is 6.53. The highest BCUT2D eigenvalue weighted by Crippen LogP contribution is 2.24. The van der Waals surface area contributed by atoms with Gasteiger partial charge in [-0.25, -0.2) is 0 Å². The number of likely N-dealkylation sites (tertiary alicyclic amines) is 1. The van der Waals surface area contributed by atoms with Crippen LogP contribution in [0.2, 0.25) is 5.02 Å². The van der Waals surface area contributed by atoms with Crippen LogP contribution in [-0.2, 0) is 6.54 Å². The van der Waals surface area contributed by atoms with Crippen LogP contribution >= 0.6 is 35.6 Å². The third-order valence-corrected chi connectivity index (χ3v) is 5.32. The lowest BCUT2D eigenvalue weighted by Crippen LogP contribution is -2.34. The average Bonchev–Trinajstić information content (AvgIpc) is 2.69. The number of nitrogens with one attached hydrogen (secondary N) is 1. The first-order valence-corrected chi connectivity index (χ1v) is 9.69. The van der Waals surface area contributed by atoms with Crippen molar-refractivity contribution in [2.24, 2.45) is 16.6 Å². The normalized spacial score (nSPS) is 15.7. The SMILES string of the molecule is COc1ccccc1NC(N)=NCC1CCN(Cc2ccccc2Cl)CC1.I. The maximum atomic E-state index is 6.27. The Morgan fingerprint density at radius 1 is 1.18 bits per heavy atom. The van der Waals surface area contributed by atoms with Crippen molar-refractivity contribution < 1.29 is 4.74 Å².